The maximum atomic E-state index is 13.1. The van der Waals surface area contributed by atoms with Gasteiger partial charge in [-0.3, -0.25) is 0 Å². The number of nitrogens with one attached hydrogen (secondary N) is 1. The fraction of sp³-hybridized carbons (Fsp3) is 0.250. The minimum absolute atomic E-state index is 0.0143. The summed E-state index contributed by atoms with van der Waals surface area (Å²) >= 11 is 0. The van der Waals surface area contributed by atoms with Crippen molar-refractivity contribution in [3.05, 3.63) is 65.5 Å². The summed E-state index contributed by atoms with van der Waals surface area (Å²) in [6.45, 7) is 1.21. The van der Waals surface area contributed by atoms with Gasteiger partial charge in [0.15, 0.2) is 0 Å². The van der Waals surface area contributed by atoms with E-state index in [4.69, 9.17) is 0 Å². The summed E-state index contributed by atoms with van der Waals surface area (Å²) in [7, 11) is -3.82. The highest BCUT2D eigenvalue weighted by atomic mass is 32.2. The highest BCUT2D eigenvalue weighted by molar-refractivity contribution is 7.89. The topological polar surface area (TPSA) is 66.4 Å². The molecule has 0 aliphatic heterocycles. The second-order valence-corrected chi connectivity index (χ2v) is 6.78. The Morgan fingerprint density at radius 1 is 1.18 bits per heavy atom. The highest BCUT2D eigenvalue weighted by Gasteiger charge is 2.21. The number of benzene rings is 2. The molecule has 2 N–H and O–H groups in total. The normalized spacial score (nSPS) is 13.0. The van der Waals surface area contributed by atoms with E-state index < -0.39 is 21.9 Å². The zero-order valence-electron chi connectivity index (χ0n) is 12.2. The molecule has 6 heteroatoms. The van der Waals surface area contributed by atoms with Crippen LogP contribution in [0.2, 0.25) is 0 Å². The molecule has 0 spiro atoms. The second kappa shape index (κ2) is 7.00. The Morgan fingerprint density at radius 2 is 1.86 bits per heavy atom. The van der Waals surface area contributed by atoms with Gasteiger partial charge in [-0.1, -0.05) is 30.3 Å². The first-order chi connectivity index (χ1) is 10.4. The lowest BCUT2D eigenvalue weighted by Crippen LogP contribution is -2.39. The lowest BCUT2D eigenvalue weighted by atomic mass is 10.1. The van der Waals surface area contributed by atoms with Gasteiger partial charge in [0.1, 0.15) is 5.82 Å². The van der Waals surface area contributed by atoms with Crippen LogP contribution in [0, 0.1) is 12.7 Å². The van der Waals surface area contributed by atoms with E-state index >= 15 is 0 Å². The summed E-state index contributed by atoms with van der Waals surface area (Å²) < 4.78 is 40.3. The maximum absolute atomic E-state index is 13.1. The van der Waals surface area contributed by atoms with Crippen LogP contribution in [0.25, 0.3) is 0 Å². The average molecular weight is 323 g/mol. The molecule has 22 heavy (non-hydrogen) atoms. The van der Waals surface area contributed by atoms with Crippen molar-refractivity contribution in [2.24, 2.45) is 0 Å². The van der Waals surface area contributed by atoms with Crippen LogP contribution in [0.4, 0.5) is 4.39 Å². The number of aliphatic hydroxyl groups excluding tert-OH is 1. The number of rotatable bonds is 6. The van der Waals surface area contributed by atoms with Crippen molar-refractivity contribution in [2.75, 3.05) is 6.61 Å². The van der Waals surface area contributed by atoms with E-state index in [1.54, 1.807) is 0 Å². The molecular formula is C16H18FNO3S. The Kier molecular flexibility index (Phi) is 5.28. The number of aliphatic hydroxyl groups is 1. The molecule has 4 nitrogen and oxygen atoms in total. The van der Waals surface area contributed by atoms with Gasteiger partial charge in [0, 0.05) is 6.04 Å². The first-order valence-electron chi connectivity index (χ1n) is 6.85. The Hall–Kier alpha value is -1.76. The van der Waals surface area contributed by atoms with Gasteiger partial charge in [-0.15, -0.1) is 0 Å². The van der Waals surface area contributed by atoms with Crippen molar-refractivity contribution in [1.82, 2.24) is 4.72 Å². The van der Waals surface area contributed by atoms with Crippen molar-refractivity contribution in [1.29, 1.82) is 0 Å². The quantitative estimate of drug-likeness (QED) is 0.855. The minimum Gasteiger partial charge on any atom is -0.395 e. The smallest absolute Gasteiger partial charge is 0.241 e. The van der Waals surface area contributed by atoms with Gasteiger partial charge in [-0.2, -0.15) is 0 Å². The largest absolute Gasteiger partial charge is 0.395 e. The third-order valence-corrected chi connectivity index (χ3v) is 4.97. The fourth-order valence-electron chi connectivity index (χ4n) is 2.24. The lowest BCUT2D eigenvalue weighted by Gasteiger charge is -2.17. The molecule has 0 unspecified atom stereocenters. The van der Waals surface area contributed by atoms with Crippen molar-refractivity contribution in [3.63, 3.8) is 0 Å². The highest BCUT2D eigenvalue weighted by Crippen LogP contribution is 2.17. The van der Waals surface area contributed by atoms with Crippen LogP contribution in [0.3, 0.4) is 0 Å². The van der Waals surface area contributed by atoms with E-state index in [0.717, 1.165) is 11.6 Å². The summed E-state index contributed by atoms with van der Waals surface area (Å²) in [5.41, 5.74) is 1.24. The first kappa shape index (κ1) is 16.6. The van der Waals surface area contributed by atoms with Crippen LogP contribution < -0.4 is 4.72 Å². The van der Waals surface area contributed by atoms with Crippen molar-refractivity contribution < 1.29 is 17.9 Å². The van der Waals surface area contributed by atoms with Crippen LogP contribution >= 0.6 is 0 Å². The molecule has 2 aromatic carbocycles. The second-order valence-electron chi connectivity index (χ2n) is 5.10. The number of hydrogen-bond acceptors (Lipinski definition) is 3. The Bertz CT molecular complexity index is 732. The van der Waals surface area contributed by atoms with Gasteiger partial charge in [0.2, 0.25) is 10.0 Å². The molecule has 0 fully saturated rings. The van der Waals surface area contributed by atoms with Gasteiger partial charge in [-0.05, 0) is 42.7 Å². The monoisotopic (exact) mass is 323 g/mol. The van der Waals surface area contributed by atoms with Crippen molar-refractivity contribution in [2.45, 2.75) is 24.3 Å². The molecule has 0 bridgehead atoms. The molecule has 0 aromatic heterocycles. The number of halogens is 1. The third kappa shape index (κ3) is 4.13. The van der Waals surface area contributed by atoms with Gasteiger partial charge in [-0.25, -0.2) is 17.5 Å². The van der Waals surface area contributed by atoms with Crippen LogP contribution in [-0.2, 0) is 16.4 Å². The molecule has 0 amide bonds. The van der Waals surface area contributed by atoms with Crippen LogP contribution in [0.15, 0.2) is 53.4 Å². The van der Waals surface area contributed by atoms with E-state index in [0.29, 0.717) is 12.0 Å². The Balaban J connectivity index is 2.18. The number of sulfonamides is 1. The van der Waals surface area contributed by atoms with Crippen molar-refractivity contribution in [3.8, 4) is 0 Å². The van der Waals surface area contributed by atoms with Crippen molar-refractivity contribution >= 4 is 10.0 Å². The Labute approximate surface area is 129 Å². The number of aryl methyl sites for hydroxylation is 1. The first-order valence-corrected chi connectivity index (χ1v) is 8.34. The van der Waals surface area contributed by atoms with Crippen LogP contribution in [-0.4, -0.2) is 26.2 Å². The zero-order chi connectivity index (χ0) is 16.2. The van der Waals surface area contributed by atoms with Gasteiger partial charge >= 0.3 is 0 Å². The molecule has 0 aliphatic carbocycles. The van der Waals surface area contributed by atoms with E-state index in [1.807, 2.05) is 30.3 Å². The molecular weight excluding hydrogens is 305 g/mol. The fourth-order valence-corrected chi connectivity index (χ4v) is 3.69. The molecule has 0 heterocycles. The lowest BCUT2D eigenvalue weighted by molar-refractivity contribution is 0.256. The summed E-state index contributed by atoms with van der Waals surface area (Å²) in [4.78, 5) is 0.0143. The van der Waals surface area contributed by atoms with Gasteiger partial charge in [0.05, 0.1) is 11.5 Å². The molecule has 118 valence electrons. The predicted octanol–water partition coefficient (Wildman–Crippen LogP) is 2.02. The van der Waals surface area contributed by atoms with Gasteiger partial charge in [0.25, 0.3) is 0 Å². The molecule has 2 rings (SSSR count). The zero-order valence-corrected chi connectivity index (χ0v) is 13.0. The molecule has 0 saturated carbocycles. The summed E-state index contributed by atoms with van der Waals surface area (Å²) in [5.74, 6) is -0.487. The standard InChI is InChI=1S/C16H18FNO3S/c1-12-9-14(17)7-8-16(12)22(20,21)18-15(11-19)10-13-5-3-2-4-6-13/h2-9,15,18-19H,10-11H2,1H3/t15-/m0/s1. The summed E-state index contributed by atoms with van der Waals surface area (Å²) in [6, 6.07) is 12.1. The average Bonchev–Trinajstić information content (AvgIpc) is 2.47. The van der Waals surface area contributed by atoms with Crippen LogP contribution in [0.1, 0.15) is 11.1 Å². The van der Waals surface area contributed by atoms with E-state index in [1.165, 1.54) is 19.1 Å². The molecule has 2 aromatic rings. The summed E-state index contributed by atoms with van der Waals surface area (Å²) in [5, 5.41) is 9.42. The van der Waals surface area contributed by atoms with E-state index in [2.05, 4.69) is 4.72 Å². The maximum Gasteiger partial charge on any atom is 0.241 e. The van der Waals surface area contributed by atoms with E-state index in [-0.39, 0.29) is 11.5 Å². The minimum atomic E-state index is -3.82. The SMILES string of the molecule is Cc1cc(F)ccc1S(=O)(=O)N[C@H](CO)Cc1ccccc1. The molecule has 1 atom stereocenters. The van der Waals surface area contributed by atoms with Crippen LogP contribution in [0.5, 0.6) is 0 Å². The Morgan fingerprint density at radius 3 is 2.45 bits per heavy atom. The predicted molar refractivity (Wildman–Crippen MR) is 82.5 cm³/mol. The number of hydrogen-bond donors (Lipinski definition) is 2. The van der Waals surface area contributed by atoms with Gasteiger partial charge < -0.3 is 5.11 Å². The summed E-state index contributed by atoms with van der Waals surface area (Å²) in [6.07, 6.45) is 0.372. The third-order valence-electron chi connectivity index (χ3n) is 3.29. The molecule has 0 radical (unpaired) electrons. The molecule has 0 aliphatic rings. The molecule has 0 saturated heterocycles. The van der Waals surface area contributed by atoms with E-state index in [9.17, 15) is 17.9 Å².